The summed E-state index contributed by atoms with van der Waals surface area (Å²) in [5.41, 5.74) is 3.49. The molecule has 1 amide bonds. The lowest BCUT2D eigenvalue weighted by Gasteiger charge is -2.11. The Kier molecular flexibility index (Phi) is 4.76. The van der Waals surface area contributed by atoms with Gasteiger partial charge in [-0.2, -0.15) is 0 Å². The molecule has 1 aromatic heterocycles. The number of nitrogens with zero attached hydrogens (tertiary/aromatic N) is 1. The molecular formula is C18H20N2O4. The van der Waals surface area contributed by atoms with Gasteiger partial charge in [-0.25, -0.2) is 4.79 Å². The normalized spacial score (nSPS) is 13.9. The van der Waals surface area contributed by atoms with E-state index in [0.717, 1.165) is 35.0 Å². The number of hydrogen-bond acceptors (Lipinski definition) is 4. The number of amides is 1. The van der Waals surface area contributed by atoms with E-state index in [-0.39, 0.29) is 25.7 Å². The van der Waals surface area contributed by atoms with E-state index in [1.807, 2.05) is 31.2 Å². The summed E-state index contributed by atoms with van der Waals surface area (Å²) in [6.45, 7) is 2.05. The standard InChI is InChI=1S/C18H20N2O4/c1-11-2-5-15-13(8-11)14(9-16(20-15)12-3-4-12)18(23)19-6-7-24-10-17(21)22/h2,5,8-9,12H,3-4,6-7,10H2,1H3,(H,19,23)(H,21,22). The van der Waals surface area contributed by atoms with Gasteiger partial charge in [0.2, 0.25) is 0 Å². The van der Waals surface area contributed by atoms with Crippen molar-refractivity contribution < 1.29 is 19.4 Å². The van der Waals surface area contributed by atoms with Crippen LogP contribution < -0.4 is 5.32 Å². The topological polar surface area (TPSA) is 88.5 Å². The van der Waals surface area contributed by atoms with E-state index in [0.29, 0.717) is 11.5 Å². The fraction of sp³-hybridized carbons (Fsp3) is 0.389. The zero-order valence-electron chi connectivity index (χ0n) is 13.5. The number of carbonyl (C=O) groups excluding carboxylic acids is 1. The maximum atomic E-state index is 12.6. The number of pyridine rings is 1. The molecule has 2 N–H and O–H groups in total. The molecule has 6 nitrogen and oxygen atoms in total. The van der Waals surface area contributed by atoms with Crippen LogP contribution in [0.15, 0.2) is 24.3 Å². The molecule has 6 heteroatoms. The minimum atomic E-state index is -1.02. The van der Waals surface area contributed by atoms with E-state index in [1.54, 1.807) is 0 Å². The van der Waals surface area contributed by atoms with Crippen molar-refractivity contribution in [2.24, 2.45) is 0 Å². The summed E-state index contributed by atoms with van der Waals surface area (Å²) in [4.78, 5) is 27.6. The molecule has 0 radical (unpaired) electrons. The van der Waals surface area contributed by atoms with E-state index >= 15 is 0 Å². The lowest BCUT2D eigenvalue weighted by Crippen LogP contribution is -2.28. The molecule has 1 aliphatic carbocycles. The molecule has 3 rings (SSSR count). The SMILES string of the molecule is Cc1ccc2nc(C3CC3)cc(C(=O)NCCOCC(=O)O)c2c1. The number of rotatable bonds is 7. The largest absolute Gasteiger partial charge is 0.480 e. The maximum absolute atomic E-state index is 12.6. The van der Waals surface area contributed by atoms with Crippen molar-refractivity contribution in [2.75, 3.05) is 19.8 Å². The molecule has 0 unspecified atom stereocenters. The van der Waals surface area contributed by atoms with Crippen LogP contribution in [-0.2, 0) is 9.53 Å². The van der Waals surface area contributed by atoms with Gasteiger partial charge in [-0.1, -0.05) is 11.6 Å². The first-order valence-corrected chi connectivity index (χ1v) is 8.03. The number of hydrogen-bond donors (Lipinski definition) is 2. The lowest BCUT2D eigenvalue weighted by atomic mass is 10.0. The minimum Gasteiger partial charge on any atom is -0.480 e. The number of fused-ring (bicyclic) bond motifs is 1. The smallest absolute Gasteiger partial charge is 0.329 e. The fourth-order valence-electron chi connectivity index (χ4n) is 2.63. The lowest BCUT2D eigenvalue weighted by molar-refractivity contribution is -0.142. The molecule has 1 aromatic carbocycles. The monoisotopic (exact) mass is 328 g/mol. The molecule has 0 atom stereocenters. The number of aromatic nitrogens is 1. The van der Waals surface area contributed by atoms with Crippen LogP contribution in [0, 0.1) is 6.92 Å². The van der Waals surface area contributed by atoms with Crippen molar-refractivity contribution in [1.29, 1.82) is 0 Å². The van der Waals surface area contributed by atoms with Gasteiger partial charge < -0.3 is 15.2 Å². The summed E-state index contributed by atoms with van der Waals surface area (Å²) in [5, 5.41) is 12.1. The molecule has 1 aliphatic rings. The molecule has 0 bridgehead atoms. The predicted octanol–water partition coefficient (Wildman–Crippen LogP) is 2.25. The molecule has 126 valence electrons. The predicted molar refractivity (Wildman–Crippen MR) is 89.2 cm³/mol. The van der Waals surface area contributed by atoms with Crippen LogP contribution in [0.4, 0.5) is 0 Å². The van der Waals surface area contributed by atoms with E-state index < -0.39 is 5.97 Å². The van der Waals surface area contributed by atoms with Gasteiger partial charge in [-0.3, -0.25) is 9.78 Å². The van der Waals surface area contributed by atoms with Crippen LogP contribution in [0.25, 0.3) is 10.9 Å². The van der Waals surface area contributed by atoms with Crippen molar-refractivity contribution in [1.82, 2.24) is 10.3 Å². The van der Waals surface area contributed by atoms with Gasteiger partial charge in [0.25, 0.3) is 5.91 Å². The molecule has 0 aliphatic heterocycles. The van der Waals surface area contributed by atoms with Crippen molar-refractivity contribution in [3.8, 4) is 0 Å². The quantitative estimate of drug-likeness (QED) is 0.761. The second kappa shape index (κ2) is 6.97. The average molecular weight is 328 g/mol. The number of carbonyl (C=O) groups is 2. The third-order valence-electron chi connectivity index (χ3n) is 3.98. The first kappa shape index (κ1) is 16.4. The highest BCUT2D eigenvalue weighted by atomic mass is 16.5. The van der Waals surface area contributed by atoms with Gasteiger partial charge in [0.1, 0.15) is 6.61 Å². The Bertz CT molecular complexity index is 784. The van der Waals surface area contributed by atoms with Crippen molar-refractivity contribution in [3.05, 3.63) is 41.1 Å². The van der Waals surface area contributed by atoms with Crippen LogP contribution in [0.3, 0.4) is 0 Å². The summed E-state index contributed by atoms with van der Waals surface area (Å²) in [6, 6.07) is 7.79. The van der Waals surface area contributed by atoms with Crippen LogP contribution in [-0.4, -0.2) is 41.7 Å². The summed E-state index contributed by atoms with van der Waals surface area (Å²) >= 11 is 0. The summed E-state index contributed by atoms with van der Waals surface area (Å²) in [5.74, 6) is -0.749. The Morgan fingerprint density at radius 1 is 1.33 bits per heavy atom. The third kappa shape index (κ3) is 3.89. The summed E-state index contributed by atoms with van der Waals surface area (Å²) in [6.07, 6.45) is 2.24. The molecule has 1 heterocycles. The molecule has 24 heavy (non-hydrogen) atoms. The summed E-state index contributed by atoms with van der Waals surface area (Å²) in [7, 11) is 0. The zero-order chi connectivity index (χ0) is 17.1. The number of aliphatic carboxylic acids is 1. The Labute approximate surface area is 139 Å². The van der Waals surface area contributed by atoms with E-state index in [1.165, 1.54) is 0 Å². The highest BCUT2D eigenvalue weighted by molar-refractivity contribution is 6.06. The molecule has 0 spiro atoms. The van der Waals surface area contributed by atoms with Gasteiger partial charge >= 0.3 is 5.97 Å². The van der Waals surface area contributed by atoms with Crippen LogP contribution in [0.2, 0.25) is 0 Å². The first-order valence-electron chi connectivity index (χ1n) is 8.03. The second-order valence-electron chi connectivity index (χ2n) is 6.09. The molecule has 0 saturated heterocycles. The number of benzene rings is 1. The molecule has 1 fully saturated rings. The van der Waals surface area contributed by atoms with Gasteiger partial charge in [0.15, 0.2) is 0 Å². The van der Waals surface area contributed by atoms with E-state index in [4.69, 9.17) is 9.84 Å². The van der Waals surface area contributed by atoms with Gasteiger partial charge in [-0.05, 0) is 38.0 Å². The van der Waals surface area contributed by atoms with Crippen LogP contribution >= 0.6 is 0 Å². The van der Waals surface area contributed by atoms with Crippen LogP contribution in [0.5, 0.6) is 0 Å². The zero-order valence-corrected chi connectivity index (χ0v) is 13.5. The molecule has 2 aromatic rings. The van der Waals surface area contributed by atoms with Gasteiger partial charge in [0.05, 0.1) is 17.7 Å². The average Bonchev–Trinajstić information content (AvgIpc) is 3.38. The number of ether oxygens (including phenoxy) is 1. The van der Waals surface area contributed by atoms with Gasteiger partial charge in [0, 0.05) is 23.5 Å². The fourth-order valence-corrected chi connectivity index (χ4v) is 2.63. The minimum absolute atomic E-state index is 0.162. The van der Waals surface area contributed by atoms with Crippen molar-refractivity contribution in [2.45, 2.75) is 25.7 Å². The highest BCUT2D eigenvalue weighted by Gasteiger charge is 2.26. The number of aryl methyl sites for hydroxylation is 1. The van der Waals surface area contributed by atoms with Crippen molar-refractivity contribution >= 4 is 22.8 Å². The number of carboxylic acid groups (broad SMARTS) is 1. The first-order chi connectivity index (χ1) is 11.5. The number of nitrogens with one attached hydrogen (secondary N) is 1. The van der Waals surface area contributed by atoms with Gasteiger partial charge in [-0.15, -0.1) is 0 Å². The molecular weight excluding hydrogens is 308 g/mol. The Morgan fingerprint density at radius 2 is 2.12 bits per heavy atom. The maximum Gasteiger partial charge on any atom is 0.329 e. The Hall–Kier alpha value is -2.47. The Morgan fingerprint density at radius 3 is 2.83 bits per heavy atom. The second-order valence-corrected chi connectivity index (χ2v) is 6.09. The third-order valence-corrected chi connectivity index (χ3v) is 3.98. The van der Waals surface area contributed by atoms with E-state index in [9.17, 15) is 9.59 Å². The number of carboxylic acids is 1. The summed E-state index contributed by atoms with van der Waals surface area (Å²) < 4.78 is 4.93. The van der Waals surface area contributed by atoms with Crippen molar-refractivity contribution in [3.63, 3.8) is 0 Å². The van der Waals surface area contributed by atoms with Crippen LogP contribution in [0.1, 0.15) is 40.4 Å². The van der Waals surface area contributed by atoms with E-state index in [2.05, 4.69) is 10.3 Å². The highest BCUT2D eigenvalue weighted by Crippen LogP contribution is 2.40. The Balaban J connectivity index is 1.77. The molecule has 1 saturated carbocycles.